The number of aromatic nitrogens is 2. The summed E-state index contributed by atoms with van der Waals surface area (Å²) < 4.78 is 12.0. The SMILES string of the molecule is COCCN(Cc1cc(=O)n2cc(Cl)ccc2n1)Cc1ccco1. The zero-order valence-corrected chi connectivity index (χ0v) is 14.1. The van der Waals surface area contributed by atoms with Crippen LogP contribution in [-0.2, 0) is 17.8 Å². The second-order valence-corrected chi connectivity index (χ2v) is 5.88. The molecule has 3 aromatic rings. The van der Waals surface area contributed by atoms with Crippen molar-refractivity contribution in [3.05, 3.63) is 69.6 Å². The smallest absolute Gasteiger partial charge is 0.258 e. The maximum Gasteiger partial charge on any atom is 0.258 e. The average Bonchev–Trinajstić information content (AvgIpc) is 3.06. The molecule has 6 nitrogen and oxygen atoms in total. The molecule has 126 valence electrons. The van der Waals surface area contributed by atoms with Crippen molar-refractivity contribution >= 4 is 17.2 Å². The van der Waals surface area contributed by atoms with Crippen molar-refractivity contribution in [2.24, 2.45) is 0 Å². The minimum atomic E-state index is -0.151. The Kier molecular flexibility index (Phi) is 5.30. The van der Waals surface area contributed by atoms with Gasteiger partial charge in [-0.25, -0.2) is 4.98 Å². The molecule has 0 spiro atoms. The molecule has 0 atom stereocenters. The predicted octanol–water partition coefficient (Wildman–Crippen LogP) is 2.59. The number of rotatable bonds is 7. The monoisotopic (exact) mass is 347 g/mol. The molecular formula is C17H18ClN3O3. The number of hydrogen-bond acceptors (Lipinski definition) is 5. The first-order valence-corrected chi connectivity index (χ1v) is 7.95. The van der Waals surface area contributed by atoms with Crippen molar-refractivity contribution in [3.63, 3.8) is 0 Å². The molecule has 3 aromatic heterocycles. The van der Waals surface area contributed by atoms with E-state index >= 15 is 0 Å². The van der Waals surface area contributed by atoms with Gasteiger partial charge in [0.05, 0.1) is 30.1 Å². The average molecular weight is 348 g/mol. The highest BCUT2D eigenvalue weighted by Crippen LogP contribution is 2.11. The van der Waals surface area contributed by atoms with Crippen LogP contribution in [0.25, 0.3) is 5.65 Å². The maximum absolute atomic E-state index is 12.3. The van der Waals surface area contributed by atoms with Crippen LogP contribution in [0, 0.1) is 0 Å². The molecule has 0 saturated carbocycles. The summed E-state index contributed by atoms with van der Waals surface area (Å²) >= 11 is 5.93. The molecule has 0 aliphatic rings. The Labute approximate surface area is 144 Å². The molecule has 0 bridgehead atoms. The Hall–Kier alpha value is -2.15. The van der Waals surface area contributed by atoms with Gasteiger partial charge in [0, 0.05) is 32.5 Å². The van der Waals surface area contributed by atoms with Crippen molar-refractivity contribution in [1.82, 2.24) is 14.3 Å². The van der Waals surface area contributed by atoms with Gasteiger partial charge in [-0.3, -0.25) is 14.1 Å². The molecular weight excluding hydrogens is 330 g/mol. The number of pyridine rings is 1. The topological polar surface area (TPSA) is 60.0 Å². The number of methoxy groups -OCH3 is 1. The minimum absolute atomic E-state index is 0.151. The van der Waals surface area contributed by atoms with E-state index in [4.69, 9.17) is 20.8 Å². The lowest BCUT2D eigenvalue weighted by Crippen LogP contribution is -2.28. The zero-order chi connectivity index (χ0) is 16.9. The van der Waals surface area contributed by atoms with E-state index in [0.29, 0.717) is 42.6 Å². The predicted molar refractivity (Wildman–Crippen MR) is 91.2 cm³/mol. The quantitative estimate of drug-likeness (QED) is 0.657. The van der Waals surface area contributed by atoms with Gasteiger partial charge in [-0.2, -0.15) is 0 Å². The second kappa shape index (κ2) is 7.61. The Balaban J connectivity index is 1.84. The second-order valence-electron chi connectivity index (χ2n) is 5.44. The zero-order valence-electron chi connectivity index (χ0n) is 13.3. The van der Waals surface area contributed by atoms with Crippen molar-refractivity contribution < 1.29 is 9.15 Å². The van der Waals surface area contributed by atoms with E-state index in [-0.39, 0.29) is 5.56 Å². The van der Waals surface area contributed by atoms with Crippen LogP contribution in [0.4, 0.5) is 0 Å². The van der Waals surface area contributed by atoms with E-state index < -0.39 is 0 Å². The highest BCUT2D eigenvalue weighted by atomic mass is 35.5. The van der Waals surface area contributed by atoms with Crippen LogP contribution >= 0.6 is 11.6 Å². The molecule has 0 N–H and O–H groups in total. The summed E-state index contributed by atoms with van der Waals surface area (Å²) in [6.07, 6.45) is 3.22. The van der Waals surface area contributed by atoms with Gasteiger partial charge < -0.3 is 9.15 Å². The lowest BCUT2D eigenvalue weighted by atomic mass is 10.3. The number of fused-ring (bicyclic) bond motifs is 1. The molecule has 0 fully saturated rings. The summed E-state index contributed by atoms with van der Waals surface area (Å²) in [4.78, 5) is 18.9. The van der Waals surface area contributed by atoms with Crippen LogP contribution in [0.5, 0.6) is 0 Å². The van der Waals surface area contributed by atoms with Gasteiger partial charge in [-0.1, -0.05) is 11.6 Å². The number of nitrogens with zero attached hydrogens (tertiary/aromatic N) is 3. The van der Waals surface area contributed by atoms with Crippen LogP contribution < -0.4 is 5.56 Å². The van der Waals surface area contributed by atoms with Crippen molar-refractivity contribution in [3.8, 4) is 0 Å². The van der Waals surface area contributed by atoms with Gasteiger partial charge in [0.2, 0.25) is 0 Å². The molecule has 0 aliphatic heterocycles. The molecule has 0 saturated heterocycles. The molecule has 0 aliphatic carbocycles. The molecule has 0 amide bonds. The summed E-state index contributed by atoms with van der Waals surface area (Å²) in [5, 5.41) is 0.499. The van der Waals surface area contributed by atoms with E-state index in [9.17, 15) is 4.79 Å². The summed E-state index contributed by atoms with van der Waals surface area (Å²) in [5.74, 6) is 0.857. The number of furan rings is 1. The fourth-order valence-corrected chi connectivity index (χ4v) is 2.65. The highest BCUT2D eigenvalue weighted by Gasteiger charge is 2.11. The summed E-state index contributed by atoms with van der Waals surface area (Å²) in [6, 6.07) is 8.77. The Morgan fingerprint density at radius 1 is 1.33 bits per heavy atom. The van der Waals surface area contributed by atoms with Crippen LogP contribution in [0.3, 0.4) is 0 Å². The molecule has 3 heterocycles. The van der Waals surface area contributed by atoms with Crippen LogP contribution in [0.2, 0.25) is 5.02 Å². The number of ether oxygens (including phenoxy) is 1. The van der Waals surface area contributed by atoms with E-state index in [0.717, 1.165) is 5.76 Å². The normalized spacial score (nSPS) is 11.5. The third-order valence-electron chi connectivity index (χ3n) is 3.63. The van der Waals surface area contributed by atoms with Gasteiger partial charge in [0.15, 0.2) is 0 Å². The third-order valence-corrected chi connectivity index (χ3v) is 3.86. The minimum Gasteiger partial charge on any atom is -0.468 e. The highest BCUT2D eigenvalue weighted by molar-refractivity contribution is 6.30. The van der Waals surface area contributed by atoms with Gasteiger partial charge in [0.25, 0.3) is 5.56 Å². The molecule has 0 aromatic carbocycles. The standard InChI is InChI=1S/C17H18ClN3O3/c1-23-8-6-20(12-15-3-2-7-24-15)11-14-9-17(22)21-10-13(18)4-5-16(21)19-14/h2-5,7,9-10H,6,8,11-12H2,1H3. The maximum atomic E-state index is 12.3. The van der Waals surface area contributed by atoms with Crippen LogP contribution in [0.15, 0.2) is 52.0 Å². The Bertz CT molecular complexity index is 861. The van der Waals surface area contributed by atoms with Gasteiger partial charge >= 0.3 is 0 Å². The molecule has 24 heavy (non-hydrogen) atoms. The van der Waals surface area contributed by atoms with Crippen LogP contribution in [-0.4, -0.2) is 34.5 Å². The molecule has 7 heteroatoms. The molecule has 0 unspecified atom stereocenters. The fourth-order valence-electron chi connectivity index (χ4n) is 2.49. The molecule has 3 rings (SSSR count). The van der Waals surface area contributed by atoms with E-state index in [2.05, 4.69) is 9.88 Å². The van der Waals surface area contributed by atoms with Gasteiger partial charge in [0.1, 0.15) is 11.4 Å². The first kappa shape index (κ1) is 16.7. The first-order valence-electron chi connectivity index (χ1n) is 7.57. The number of halogens is 1. The Morgan fingerprint density at radius 3 is 2.96 bits per heavy atom. The molecule has 0 radical (unpaired) electrons. The van der Waals surface area contributed by atoms with E-state index in [1.807, 2.05) is 12.1 Å². The summed E-state index contributed by atoms with van der Waals surface area (Å²) in [6.45, 7) is 2.44. The Morgan fingerprint density at radius 2 is 2.21 bits per heavy atom. The third kappa shape index (κ3) is 4.03. The van der Waals surface area contributed by atoms with Crippen LogP contribution in [0.1, 0.15) is 11.5 Å². The van der Waals surface area contributed by atoms with Crippen molar-refractivity contribution in [1.29, 1.82) is 0 Å². The lowest BCUT2D eigenvalue weighted by Gasteiger charge is -2.20. The largest absolute Gasteiger partial charge is 0.468 e. The van der Waals surface area contributed by atoms with Crippen molar-refractivity contribution in [2.45, 2.75) is 13.1 Å². The fraction of sp³-hybridized carbons (Fsp3) is 0.294. The van der Waals surface area contributed by atoms with Crippen molar-refractivity contribution in [2.75, 3.05) is 20.3 Å². The van der Waals surface area contributed by atoms with Gasteiger partial charge in [-0.05, 0) is 24.3 Å². The summed E-state index contributed by atoms with van der Waals surface area (Å²) in [5.41, 5.74) is 1.12. The first-order chi connectivity index (χ1) is 11.7. The van der Waals surface area contributed by atoms with E-state index in [1.165, 1.54) is 10.5 Å². The number of hydrogen-bond donors (Lipinski definition) is 0. The van der Waals surface area contributed by atoms with E-state index in [1.54, 1.807) is 31.7 Å². The lowest BCUT2D eigenvalue weighted by molar-refractivity contribution is 0.134. The van der Waals surface area contributed by atoms with Gasteiger partial charge in [-0.15, -0.1) is 0 Å². The summed E-state index contributed by atoms with van der Waals surface area (Å²) in [7, 11) is 1.66.